The maximum absolute atomic E-state index is 12.6. The van der Waals surface area contributed by atoms with Crippen molar-refractivity contribution >= 4 is 11.8 Å². The fourth-order valence-electron chi connectivity index (χ4n) is 2.34. The van der Waals surface area contributed by atoms with Crippen LogP contribution in [0.25, 0.3) is 0 Å². The van der Waals surface area contributed by atoms with Gasteiger partial charge in [0.2, 0.25) is 5.92 Å². The Kier molecular flexibility index (Phi) is 3.03. The third-order valence-electron chi connectivity index (χ3n) is 3.25. The molecule has 2 aliphatic rings. The van der Waals surface area contributed by atoms with Crippen LogP contribution in [0.1, 0.15) is 19.3 Å². The van der Waals surface area contributed by atoms with Gasteiger partial charge < -0.3 is 4.90 Å². The van der Waals surface area contributed by atoms with Crippen LogP contribution in [-0.4, -0.2) is 42.0 Å². The average molecular weight is 221 g/mol. The molecule has 2 rings (SSSR count). The van der Waals surface area contributed by atoms with Crippen molar-refractivity contribution < 1.29 is 8.78 Å². The molecule has 1 nitrogen and oxygen atoms in total. The van der Waals surface area contributed by atoms with Gasteiger partial charge in [-0.3, -0.25) is 0 Å². The lowest BCUT2D eigenvalue weighted by Gasteiger charge is -2.38. The van der Waals surface area contributed by atoms with E-state index in [1.807, 2.05) is 11.8 Å². The van der Waals surface area contributed by atoms with Crippen molar-refractivity contribution in [1.82, 2.24) is 4.90 Å². The summed E-state index contributed by atoms with van der Waals surface area (Å²) >= 11 is 1.97. The summed E-state index contributed by atoms with van der Waals surface area (Å²) in [6.45, 7) is 0.862. The van der Waals surface area contributed by atoms with Gasteiger partial charge in [0.15, 0.2) is 0 Å². The van der Waals surface area contributed by atoms with Gasteiger partial charge in [-0.15, -0.1) is 0 Å². The van der Waals surface area contributed by atoms with Crippen molar-refractivity contribution in [1.29, 1.82) is 0 Å². The fourth-order valence-corrected chi connectivity index (χ4v) is 3.64. The zero-order valence-corrected chi connectivity index (χ0v) is 9.33. The van der Waals surface area contributed by atoms with Gasteiger partial charge in [-0.25, -0.2) is 8.78 Å². The molecular weight excluding hydrogens is 204 g/mol. The minimum atomic E-state index is -2.35. The third kappa shape index (κ3) is 2.40. The standard InChI is InChI=1S/C10H17F2NS/c1-13(9-2-3-14-7-9)6-8-4-10(11,12)5-8/h8-9H,2-7H2,1H3/t9-/m1/s1. The topological polar surface area (TPSA) is 3.24 Å². The number of rotatable bonds is 3. The molecule has 1 atom stereocenters. The summed E-state index contributed by atoms with van der Waals surface area (Å²) in [4.78, 5) is 2.28. The molecule has 0 aromatic rings. The molecule has 0 radical (unpaired) electrons. The van der Waals surface area contributed by atoms with Crippen molar-refractivity contribution in [2.24, 2.45) is 5.92 Å². The van der Waals surface area contributed by atoms with Crippen molar-refractivity contribution in [3.63, 3.8) is 0 Å². The van der Waals surface area contributed by atoms with E-state index in [0.717, 1.165) is 6.54 Å². The van der Waals surface area contributed by atoms with Crippen molar-refractivity contribution in [3.05, 3.63) is 0 Å². The van der Waals surface area contributed by atoms with Crippen LogP contribution in [0.3, 0.4) is 0 Å². The Morgan fingerprint density at radius 2 is 2.14 bits per heavy atom. The molecule has 4 heteroatoms. The highest BCUT2D eigenvalue weighted by Gasteiger charge is 2.45. The molecule has 0 unspecified atom stereocenters. The van der Waals surface area contributed by atoms with Gasteiger partial charge >= 0.3 is 0 Å². The normalized spacial score (nSPS) is 32.1. The lowest BCUT2D eigenvalue weighted by molar-refractivity contribution is -0.116. The predicted octanol–water partition coefficient (Wildman–Crippen LogP) is 2.47. The zero-order valence-electron chi connectivity index (χ0n) is 8.51. The van der Waals surface area contributed by atoms with E-state index >= 15 is 0 Å². The van der Waals surface area contributed by atoms with Crippen molar-refractivity contribution in [3.8, 4) is 0 Å². The molecule has 0 aromatic carbocycles. The Balaban J connectivity index is 1.70. The van der Waals surface area contributed by atoms with Crippen LogP contribution < -0.4 is 0 Å². The fraction of sp³-hybridized carbons (Fsp3) is 1.00. The Labute approximate surface area is 88.2 Å². The van der Waals surface area contributed by atoms with Crippen molar-refractivity contribution in [2.45, 2.75) is 31.2 Å². The molecule has 0 spiro atoms. The highest BCUT2D eigenvalue weighted by atomic mass is 32.2. The summed E-state index contributed by atoms with van der Waals surface area (Å²) in [5, 5.41) is 0. The zero-order chi connectivity index (χ0) is 10.2. The summed E-state index contributed by atoms with van der Waals surface area (Å²) in [6.07, 6.45) is 1.44. The molecule has 82 valence electrons. The van der Waals surface area contributed by atoms with E-state index in [4.69, 9.17) is 0 Å². The third-order valence-corrected chi connectivity index (χ3v) is 4.39. The first-order valence-corrected chi connectivity index (χ1v) is 6.38. The van der Waals surface area contributed by atoms with Gasteiger partial charge in [0.05, 0.1) is 0 Å². The number of halogens is 2. The van der Waals surface area contributed by atoms with Crippen LogP contribution in [0.4, 0.5) is 8.78 Å². The molecule has 1 saturated carbocycles. The maximum atomic E-state index is 12.6. The molecule has 2 fully saturated rings. The van der Waals surface area contributed by atoms with Gasteiger partial charge in [-0.05, 0) is 25.1 Å². The van der Waals surface area contributed by atoms with Crippen LogP contribution >= 0.6 is 11.8 Å². The van der Waals surface area contributed by atoms with Gasteiger partial charge in [0.25, 0.3) is 0 Å². The number of thioether (sulfide) groups is 1. The van der Waals surface area contributed by atoms with E-state index in [1.54, 1.807) is 0 Å². The lowest BCUT2D eigenvalue weighted by atomic mass is 9.81. The Hall–Kier alpha value is 0.170. The van der Waals surface area contributed by atoms with Crippen LogP contribution in [-0.2, 0) is 0 Å². The summed E-state index contributed by atoms with van der Waals surface area (Å²) in [5.74, 6) is 0.298. The molecule has 1 aliphatic heterocycles. The van der Waals surface area contributed by atoms with E-state index < -0.39 is 5.92 Å². The molecule has 1 saturated heterocycles. The summed E-state index contributed by atoms with van der Waals surface area (Å²) in [5.41, 5.74) is 0. The van der Waals surface area contributed by atoms with Gasteiger partial charge in [-0.1, -0.05) is 0 Å². The van der Waals surface area contributed by atoms with Crippen LogP contribution in [0, 0.1) is 5.92 Å². The molecular formula is C10H17F2NS. The Bertz CT molecular complexity index is 196. The van der Waals surface area contributed by atoms with E-state index in [2.05, 4.69) is 11.9 Å². The second-order valence-electron chi connectivity index (χ2n) is 4.59. The van der Waals surface area contributed by atoms with Gasteiger partial charge in [0.1, 0.15) is 0 Å². The second-order valence-corrected chi connectivity index (χ2v) is 5.74. The SMILES string of the molecule is CN(CC1CC(F)(F)C1)[C@@H]1CCSC1. The minimum absolute atomic E-state index is 0.108. The summed E-state index contributed by atoms with van der Waals surface area (Å²) < 4.78 is 25.2. The number of hydrogen-bond donors (Lipinski definition) is 0. The van der Waals surface area contributed by atoms with Gasteiger partial charge in [-0.2, -0.15) is 11.8 Å². The van der Waals surface area contributed by atoms with E-state index in [1.165, 1.54) is 17.9 Å². The molecule has 0 N–H and O–H groups in total. The second kappa shape index (κ2) is 3.97. The smallest absolute Gasteiger partial charge is 0.248 e. The number of alkyl halides is 2. The molecule has 1 heterocycles. The minimum Gasteiger partial charge on any atom is -0.302 e. The average Bonchev–Trinajstić information content (AvgIpc) is 2.51. The van der Waals surface area contributed by atoms with Crippen LogP contribution in [0.2, 0.25) is 0 Å². The first kappa shape index (κ1) is 10.7. The molecule has 0 aromatic heterocycles. The highest BCUT2D eigenvalue weighted by Crippen LogP contribution is 2.42. The predicted molar refractivity (Wildman–Crippen MR) is 56.0 cm³/mol. The highest BCUT2D eigenvalue weighted by molar-refractivity contribution is 7.99. The number of nitrogens with zero attached hydrogens (tertiary/aromatic N) is 1. The largest absolute Gasteiger partial charge is 0.302 e. The number of hydrogen-bond acceptors (Lipinski definition) is 2. The molecule has 0 amide bonds. The van der Waals surface area contributed by atoms with Crippen LogP contribution in [0.15, 0.2) is 0 Å². The monoisotopic (exact) mass is 221 g/mol. The molecule has 0 bridgehead atoms. The van der Waals surface area contributed by atoms with Crippen molar-refractivity contribution in [2.75, 3.05) is 25.1 Å². The quantitative estimate of drug-likeness (QED) is 0.720. The Morgan fingerprint density at radius 1 is 1.43 bits per heavy atom. The van der Waals surface area contributed by atoms with Crippen LogP contribution in [0.5, 0.6) is 0 Å². The first-order valence-electron chi connectivity index (χ1n) is 5.23. The first-order chi connectivity index (χ1) is 6.57. The molecule has 1 aliphatic carbocycles. The maximum Gasteiger partial charge on any atom is 0.248 e. The lowest BCUT2D eigenvalue weighted by Crippen LogP contribution is -2.44. The summed E-state index contributed by atoms with van der Waals surface area (Å²) in [7, 11) is 2.08. The Morgan fingerprint density at radius 3 is 2.64 bits per heavy atom. The van der Waals surface area contributed by atoms with Gasteiger partial charge in [0, 0.05) is 31.2 Å². The van der Waals surface area contributed by atoms with E-state index in [0.29, 0.717) is 6.04 Å². The van der Waals surface area contributed by atoms with E-state index in [-0.39, 0.29) is 18.8 Å². The molecule has 14 heavy (non-hydrogen) atoms. The van der Waals surface area contributed by atoms with E-state index in [9.17, 15) is 8.78 Å². The summed E-state index contributed by atoms with van der Waals surface area (Å²) in [6, 6.07) is 0.634.